The fraction of sp³-hybridized carbons (Fsp3) is 0.500. The number of thioether (sulfide) groups is 1. The largest absolute Gasteiger partial charge is 0.355 e. The molecule has 1 atom stereocenters. The molecule has 1 fully saturated rings. The molecule has 1 amide bonds. The van der Waals surface area contributed by atoms with E-state index in [4.69, 9.17) is 5.84 Å². The standard InChI is InChI=1S/C18H25N5OS/c1-13(17(24)20-12-14-8-4-2-5-9-14)25-18-22-21-16(23(18)19)15-10-6-3-7-11-15/h3,6-7,10-11,13-14H,2,4-5,8-9,12,19H2,1H3,(H,20,24). The van der Waals surface area contributed by atoms with E-state index >= 15 is 0 Å². The Morgan fingerprint density at radius 3 is 2.72 bits per heavy atom. The van der Waals surface area contributed by atoms with Crippen LogP contribution in [-0.4, -0.2) is 32.6 Å². The van der Waals surface area contributed by atoms with Gasteiger partial charge in [-0.1, -0.05) is 61.4 Å². The zero-order chi connectivity index (χ0) is 17.6. The van der Waals surface area contributed by atoms with E-state index in [1.165, 1.54) is 48.5 Å². The lowest BCUT2D eigenvalue weighted by Crippen LogP contribution is -2.35. The summed E-state index contributed by atoms with van der Waals surface area (Å²) in [7, 11) is 0. The van der Waals surface area contributed by atoms with E-state index < -0.39 is 0 Å². The maximum Gasteiger partial charge on any atom is 0.233 e. The van der Waals surface area contributed by atoms with Crippen molar-refractivity contribution in [2.24, 2.45) is 5.92 Å². The number of rotatable bonds is 6. The topological polar surface area (TPSA) is 85.8 Å². The highest BCUT2D eigenvalue weighted by atomic mass is 32.2. The average Bonchev–Trinajstić information content (AvgIpc) is 3.01. The lowest BCUT2D eigenvalue weighted by Gasteiger charge is -2.22. The van der Waals surface area contributed by atoms with Crippen LogP contribution in [-0.2, 0) is 4.79 Å². The van der Waals surface area contributed by atoms with Gasteiger partial charge in [-0.15, -0.1) is 10.2 Å². The summed E-state index contributed by atoms with van der Waals surface area (Å²) in [5.74, 6) is 7.36. The summed E-state index contributed by atoms with van der Waals surface area (Å²) in [4.78, 5) is 12.3. The number of nitrogens with two attached hydrogens (primary N) is 1. The molecule has 3 N–H and O–H groups in total. The van der Waals surface area contributed by atoms with Gasteiger partial charge in [0.15, 0.2) is 5.82 Å². The van der Waals surface area contributed by atoms with Gasteiger partial charge in [-0.25, -0.2) is 4.68 Å². The quantitative estimate of drug-likeness (QED) is 0.612. The van der Waals surface area contributed by atoms with Crippen LogP contribution in [0.5, 0.6) is 0 Å². The zero-order valence-corrected chi connectivity index (χ0v) is 15.3. The number of nitrogens with zero attached hydrogens (tertiary/aromatic N) is 3. The zero-order valence-electron chi connectivity index (χ0n) is 14.5. The molecular weight excluding hydrogens is 334 g/mol. The van der Waals surface area contributed by atoms with Crippen molar-refractivity contribution in [1.82, 2.24) is 20.2 Å². The number of carbonyl (C=O) groups excluding carboxylic acids is 1. The molecule has 134 valence electrons. The molecule has 25 heavy (non-hydrogen) atoms. The molecule has 1 saturated carbocycles. The Labute approximate surface area is 152 Å². The smallest absolute Gasteiger partial charge is 0.233 e. The maximum atomic E-state index is 12.3. The summed E-state index contributed by atoms with van der Waals surface area (Å²) in [5.41, 5.74) is 0.902. The van der Waals surface area contributed by atoms with Gasteiger partial charge in [0, 0.05) is 12.1 Å². The fourth-order valence-electron chi connectivity index (χ4n) is 3.13. The van der Waals surface area contributed by atoms with Crippen molar-refractivity contribution in [2.45, 2.75) is 49.4 Å². The molecule has 1 heterocycles. The molecule has 1 unspecified atom stereocenters. The van der Waals surface area contributed by atoms with Crippen LogP contribution < -0.4 is 11.2 Å². The lowest BCUT2D eigenvalue weighted by molar-refractivity contribution is -0.120. The molecule has 0 aliphatic heterocycles. The van der Waals surface area contributed by atoms with Gasteiger partial charge in [0.2, 0.25) is 11.1 Å². The molecule has 0 spiro atoms. The van der Waals surface area contributed by atoms with Gasteiger partial charge >= 0.3 is 0 Å². The minimum atomic E-state index is -0.265. The highest BCUT2D eigenvalue weighted by Gasteiger charge is 2.21. The molecule has 7 heteroatoms. The maximum absolute atomic E-state index is 12.3. The number of hydrogen-bond donors (Lipinski definition) is 2. The Morgan fingerprint density at radius 2 is 2.00 bits per heavy atom. The molecule has 3 rings (SSSR count). The van der Waals surface area contributed by atoms with E-state index in [0.29, 0.717) is 16.9 Å². The third-order valence-electron chi connectivity index (χ3n) is 4.64. The summed E-state index contributed by atoms with van der Waals surface area (Å²) < 4.78 is 1.45. The van der Waals surface area contributed by atoms with E-state index in [1.54, 1.807) is 0 Å². The molecule has 1 aliphatic rings. The fourth-order valence-corrected chi connectivity index (χ4v) is 3.93. The second-order valence-corrected chi connectivity index (χ2v) is 7.86. The Kier molecular flexibility index (Phi) is 5.96. The summed E-state index contributed by atoms with van der Waals surface area (Å²) in [6.07, 6.45) is 6.33. The van der Waals surface area contributed by atoms with Crippen LogP contribution in [0, 0.1) is 5.92 Å². The molecular formula is C18H25N5OS. The number of hydrogen-bond acceptors (Lipinski definition) is 5. The van der Waals surface area contributed by atoms with Gasteiger partial charge in [0.1, 0.15) is 0 Å². The number of nitrogen functional groups attached to an aromatic ring is 1. The summed E-state index contributed by atoms with van der Waals surface area (Å²) in [6, 6.07) is 9.66. The van der Waals surface area contributed by atoms with Crippen LogP contribution in [0.15, 0.2) is 35.5 Å². The minimum Gasteiger partial charge on any atom is -0.355 e. The second-order valence-electron chi connectivity index (χ2n) is 6.55. The molecule has 0 bridgehead atoms. The molecule has 1 aromatic heterocycles. The van der Waals surface area contributed by atoms with Crippen LogP contribution in [0.3, 0.4) is 0 Å². The number of amides is 1. The predicted octanol–water partition coefficient (Wildman–Crippen LogP) is 2.84. The van der Waals surface area contributed by atoms with Crippen molar-refractivity contribution in [3.05, 3.63) is 30.3 Å². The number of aromatic nitrogens is 3. The van der Waals surface area contributed by atoms with E-state index in [1.807, 2.05) is 37.3 Å². The van der Waals surface area contributed by atoms with E-state index in [-0.39, 0.29) is 11.2 Å². The predicted molar refractivity (Wildman–Crippen MR) is 101 cm³/mol. The van der Waals surface area contributed by atoms with E-state index in [0.717, 1.165) is 12.1 Å². The first-order valence-corrected chi connectivity index (χ1v) is 9.73. The number of nitrogens with one attached hydrogen (secondary N) is 1. The van der Waals surface area contributed by atoms with E-state index in [2.05, 4.69) is 15.5 Å². The second kappa shape index (κ2) is 8.38. The SMILES string of the molecule is CC(Sc1nnc(-c2ccccc2)n1N)C(=O)NCC1CCCCC1. The Hall–Kier alpha value is -2.02. The summed E-state index contributed by atoms with van der Waals surface area (Å²) >= 11 is 1.33. The first-order chi connectivity index (χ1) is 12.1. The van der Waals surface area contributed by atoms with Crippen LogP contribution >= 0.6 is 11.8 Å². The van der Waals surface area contributed by atoms with Gasteiger partial charge < -0.3 is 11.2 Å². The monoisotopic (exact) mass is 359 g/mol. The molecule has 0 radical (unpaired) electrons. The minimum absolute atomic E-state index is 0.0276. The van der Waals surface area contributed by atoms with Gasteiger partial charge in [-0.05, 0) is 25.7 Å². The molecule has 2 aromatic rings. The molecule has 0 saturated heterocycles. The Bertz CT molecular complexity index is 697. The van der Waals surface area contributed by atoms with Crippen LogP contribution in [0.25, 0.3) is 11.4 Å². The number of carbonyl (C=O) groups is 1. The van der Waals surface area contributed by atoms with Crippen molar-refractivity contribution in [2.75, 3.05) is 12.4 Å². The van der Waals surface area contributed by atoms with Crippen molar-refractivity contribution in [3.8, 4) is 11.4 Å². The summed E-state index contributed by atoms with van der Waals surface area (Å²) in [6.45, 7) is 2.64. The highest BCUT2D eigenvalue weighted by Crippen LogP contribution is 2.25. The molecule has 1 aromatic carbocycles. The van der Waals surface area contributed by atoms with Crippen LogP contribution in [0.1, 0.15) is 39.0 Å². The Morgan fingerprint density at radius 1 is 1.28 bits per heavy atom. The Balaban J connectivity index is 1.56. The highest BCUT2D eigenvalue weighted by molar-refractivity contribution is 8.00. The van der Waals surface area contributed by atoms with Crippen molar-refractivity contribution in [3.63, 3.8) is 0 Å². The van der Waals surface area contributed by atoms with Crippen LogP contribution in [0.2, 0.25) is 0 Å². The number of benzene rings is 1. The van der Waals surface area contributed by atoms with Crippen LogP contribution in [0.4, 0.5) is 0 Å². The van der Waals surface area contributed by atoms with Gasteiger partial charge in [-0.3, -0.25) is 4.79 Å². The van der Waals surface area contributed by atoms with E-state index in [9.17, 15) is 4.79 Å². The third-order valence-corrected chi connectivity index (χ3v) is 5.69. The van der Waals surface area contributed by atoms with Crippen molar-refractivity contribution < 1.29 is 4.79 Å². The first kappa shape index (κ1) is 17.8. The molecule has 6 nitrogen and oxygen atoms in total. The summed E-state index contributed by atoms with van der Waals surface area (Å²) in [5, 5.41) is 11.6. The van der Waals surface area contributed by atoms with Crippen molar-refractivity contribution >= 4 is 17.7 Å². The van der Waals surface area contributed by atoms with Gasteiger partial charge in [0.25, 0.3) is 0 Å². The third kappa shape index (κ3) is 4.54. The molecule has 1 aliphatic carbocycles. The van der Waals surface area contributed by atoms with Gasteiger partial charge in [0.05, 0.1) is 5.25 Å². The average molecular weight is 359 g/mol. The lowest BCUT2D eigenvalue weighted by atomic mass is 9.89. The first-order valence-electron chi connectivity index (χ1n) is 8.85. The van der Waals surface area contributed by atoms with Crippen molar-refractivity contribution in [1.29, 1.82) is 0 Å². The normalized spacial score (nSPS) is 16.5. The van der Waals surface area contributed by atoms with Gasteiger partial charge in [-0.2, -0.15) is 0 Å².